The van der Waals surface area contributed by atoms with E-state index in [2.05, 4.69) is 16.4 Å². The third-order valence-electron chi connectivity index (χ3n) is 0.0393. The average molecular weight is 194 g/mol. The molecule has 0 spiro atoms. The maximum atomic E-state index is 9.00. The number of hydrogen-bond acceptors (Lipinski definition) is 4. The van der Waals surface area contributed by atoms with Crippen LogP contribution in [0.4, 0.5) is 4.79 Å². The van der Waals surface area contributed by atoms with Gasteiger partial charge in [0.2, 0.25) is 0 Å². The van der Waals surface area contributed by atoms with Crippen molar-refractivity contribution in [3.8, 4) is 0 Å². The zero-order chi connectivity index (χ0) is 6.99. The maximum Gasteiger partial charge on any atom is 1.00 e. The van der Waals surface area contributed by atoms with Crippen molar-refractivity contribution in [3.05, 3.63) is 0 Å². The Kier molecular flexibility index (Phi) is 215. The zero-order valence-corrected chi connectivity index (χ0v) is 6.87. The molecule has 0 aliphatic rings. The van der Waals surface area contributed by atoms with Crippen LogP contribution in [-0.4, -0.2) is 23.5 Å². The van der Waals surface area contributed by atoms with Gasteiger partial charge < -0.3 is 44.9 Å². The molecule has 10 nitrogen and oxygen atoms in total. The van der Waals surface area contributed by atoms with E-state index in [0.29, 0.717) is 0 Å². The molecule has 0 aromatic rings. The topological polar surface area (TPSA) is 254 Å². The van der Waals surface area contributed by atoms with Gasteiger partial charge in [0.1, 0.15) is 0 Å². The van der Waals surface area contributed by atoms with Gasteiger partial charge in [-0.25, -0.2) is 4.79 Å². The summed E-state index contributed by atoms with van der Waals surface area (Å²) < 4.78 is 0. The summed E-state index contributed by atoms with van der Waals surface area (Å²) in [7, 11) is 0. The molecule has 12 heavy (non-hydrogen) atoms. The van der Waals surface area contributed by atoms with E-state index in [4.69, 9.17) is 14.8 Å². The highest BCUT2D eigenvalue weighted by Gasteiger charge is 1.60. The fourth-order valence-electron chi connectivity index (χ4n) is 0. The Bertz CT molecular complexity index is 79.0. The highest BCUT2D eigenvalue weighted by molar-refractivity contribution is 5.69. The predicted octanol–water partition coefficient (Wildman–Crippen LogP) is -3.33. The molecule has 0 aromatic heterocycles. The summed E-state index contributed by atoms with van der Waals surface area (Å²) in [5, 5.41) is 8.43. The zero-order valence-electron chi connectivity index (χ0n) is 7.87. The number of nitrogens with two attached hydrogens (primary N) is 2. The minimum absolute atomic E-state index is 0. The summed E-state index contributed by atoms with van der Waals surface area (Å²) in [4.78, 5) is 20.2. The van der Waals surface area contributed by atoms with Gasteiger partial charge >= 0.3 is 7.46 Å². The summed E-state index contributed by atoms with van der Waals surface area (Å²) in [5.74, 6) is 0. The minimum Gasteiger partial charge on any atom is -0.662 e. The number of urea groups is 1. The number of carbonyl (C=O) groups excluding carboxylic acids is 2. The number of quaternary nitrogens is 2. The second-order valence-electron chi connectivity index (χ2n) is 0.595. The molecule has 0 atom stereocenters. The van der Waals surface area contributed by atoms with Gasteiger partial charge in [0, 0.05) is 0 Å². The van der Waals surface area contributed by atoms with Crippen molar-refractivity contribution >= 4 is 12.5 Å². The van der Waals surface area contributed by atoms with Gasteiger partial charge in [0.15, 0.2) is 0 Å². The lowest BCUT2D eigenvalue weighted by atomic mass is 11.2. The van der Waals surface area contributed by atoms with Crippen LogP contribution < -0.4 is 29.0 Å². The van der Waals surface area contributed by atoms with Crippen LogP contribution in [0.3, 0.4) is 0 Å². The Balaban J connectivity index is -0.00000000800. The summed E-state index contributed by atoms with van der Waals surface area (Å²) in [5.41, 5.74) is 8.50. The lowest BCUT2D eigenvalue weighted by Gasteiger charge is -1.88. The van der Waals surface area contributed by atoms with Crippen LogP contribution in [0.5, 0.6) is 0 Å². The quantitative estimate of drug-likeness (QED) is 0.189. The van der Waals surface area contributed by atoms with E-state index in [1.165, 1.54) is 0 Å². The van der Waals surface area contributed by atoms with E-state index in [-0.39, 0.29) is 31.2 Å². The minimum atomic E-state index is -0.833. The van der Waals surface area contributed by atoms with E-state index in [1.54, 1.807) is 0 Å². The van der Waals surface area contributed by atoms with Crippen molar-refractivity contribution in [3.63, 3.8) is 0 Å². The van der Waals surface area contributed by atoms with E-state index in [9.17, 15) is 0 Å². The van der Waals surface area contributed by atoms with Gasteiger partial charge in [-0.3, -0.25) is 4.79 Å². The standard InChI is InChI=1S/CH4N2O.CH2O3.2H3N.2H2O/c2-1(3)4;2-1-4-3;;;;/h(H4,2,3,4);1,3H;2*1H3;2*1H2/p+2. The van der Waals surface area contributed by atoms with Crippen LogP contribution in [0.2, 0.25) is 0 Å². The lowest BCUT2D eigenvalue weighted by molar-refractivity contribution is -0.652. The Morgan fingerprint density at radius 1 is 1.33 bits per heavy atom. The van der Waals surface area contributed by atoms with Gasteiger partial charge in [-0.05, 0) is 0 Å². The molecule has 0 saturated carbocycles. The van der Waals surface area contributed by atoms with Crippen molar-refractivity contribution < 1.29 is 32.1 Å². The van der Waals surface area contributed by atoms with Crippen molar-refractivity contribution in [2.24, 2.45) is 11.5 Å². The second-order valence-corrected chi connectivity index (χ2v) is 0.595. The Hall–Kier alpha value is -1.46. The molecule has 16 N–H and O–H groups in total. The SMILES string of the molecule is NC(N)=O.O.O.O=CO[O-].[H+].[NH4+].[NH4+]. The van der Waals surface area contributed by atoms with Crippen molar-refractivity contribution in [1.82, 2.24) is 12.3 Å². The van der Waals surface area contributed by atoms with Crippen LogP contribution in [0.15, 0.2) is 0 Å². The Morgan fingerprint density at radius 2 is 1.42 bits per heavy atom. The lowest BCUT2D eigenvalue weighted by Crippen LogP contribution is -2.18. The summed E-state index contributed by atoms with van der Waals surface area (Å²) >= 11 is 0. The van der Waals surface area contributed by atoms with E-state index in [0.717, 1.165) is 0 Å². The van der Waals surface area contributed by atoms with Crippen LogP contribution >= 0.6 is 0 Å². The average Bonchev–Trinajstić information content (AvgIpc) is 1.65. The van der Waals surface area contributed by atoms with Gasteiger partial charge in [0.25, 0.3) is 6.47 Å². The highest BCUT2D eigenvalue weighted by atomic mass is 17.1. The molecule has 0 aliphatic heterocycles. The predicted molar refractivity (Wildman–Crippen MR) is 41.2 cm³/mol. The van der Waals surface area contributed by atoms with Gasteiger partial charge in [-0.15, -0.1) is 0 Å². The van der Waals surface area contributed by atoms with Crippen LogP contribution in [0.1, 0.15) is 1.43 Å². The molecule has 80 valence electrons. The first-order chi connectivity index (χ1) is 3.65. The van der Waals surface area contributed by atoms with Crippen LogP contribution in [0, 0.1) is 0 Å². The van der Waals surface area contributed by atoms with Crippen molar-refractivity contribution in [1.29, 1.82) is 0 Å². The van der Waals surface area contributed by atoms with Crippen LogP contribution in [0.25, 0.3) is 0 Å². The molecular weight excluding hydrogens is 176 g/mol. The first-order valence-electron chi connectivity index (χ1n) is 1.42. The fraction of sp³-hybridized carbons (Fsp3) is 0. The van der Waals surface area contributed by atoms with Gasteiger partial charge in [-0.1, -0.05) is 0 Å². The normalized spacial score (nSPS) is 3.75. The number of rotatable bonds is 1. The van der Waals surface area contributed by atoms with Gasteiger partial charge in [0.05, 0.1) is 0 Å². The van der Waals surface area contributed by atoms with Crippen LogP contribution in [-0.2, 0) is 9.68 Å². The van der Waals surface area contributed by atoms with Gasteiger partial charge in [-0.2, -0.15) is 0 Å². The summed E-state index contributed by atoms with van der Waals surface area (Å²) in [6, 6.07) is -0.833. The number of carbonyl (C=O) groups is 2. The molecule has 0 aromatic carbocycles. The largest absolute Gasteiger partial charge is 1.00 e. The second kappa shape index (κ2) is 55.5. The third-order valence-corrected chi connectivity index (χ3v) is 0.0393. The molecule has 0 heterocycles. The molecular formula is C2H18N4O6+2. The van der Waals surface area contributed by atoms with E-state index < -0.39 is 6.03 Å². The molecule has 0 radical (unpaired) electrons. The molecule has 0 unspecified atom stereocenters. The molecule has 0 saturated heterocycles. The molecule has 0 aliphatic carbocycles. The maximum absolute atomic E-state index is 9.00. The molecule has 0 rings (SSSR count). The number of primary amides is 2. The number of amides is 2. The molecule has 10 heteroatoms. The summed E-state index contributed by atoms with van der Waals surface area (Å²) in [6.45, 7) is -0.181. The highest BCUT2D eigenvalue weighted by Crippen LogP contribution is 1.25. The first kappa shape index (κ1) is 46.5. The van der Waals surface area contributed by atoms with Crippen molar-refractivity contribution in [2.75, 3.05) is 0 Å². The molecule has 0 fully saturated rings. The molecule has 2 amide bonds. The Morgan fingerprint density at radius 3 is 1.42 bits per heavy atom. The fourth-order valence-corrected chi connectivity index (χ4v) is 0. The Labute approximate surface area is 69.7 Å². The molecule has 0 bridgehead atoms. The summed E-state index contributed by atoms with van der Waals surface area (Å²) in [6.07, 6.45) is 0. The van der Waals surface area contributed by atoms with E-state index in [1.807, 2.05) is 0 Å². The smallest absolute Gasteiger partial charge is 0.662 e. The number of hydrogen-bond donors (Lipinski definition) is 4. The monoisotopic (exact) mass is 194 g/mol. The van der Waals surface area contributed by atoms with Crippen molar-refractivity contribution in [2.45, 2.75) is 0 Å². The third kappa shape index (κ3) is 2290. The van der Waals surface area contributed by atoms with E-state index >= 15 is 0 Å². The first-order valence-corrected chi connectivity index (χ1v) is 1.42.